The first-order valence-electron chi connectivity index (χ1n) is 21.8. The minimum Gasteiger partial charge on any atom is -0.508 e. The second kappa shape index (κ2) is 20.3. The Morgan fingerprint density at radius 1 is 0.259 bits per heavy atom. The third-order valence-electron chi connectivity index (χ3n) is 11.9. The van der Waals surface area contributed by atoms with E-state index in [1.165, 1.54) is 48.5 Å². The average Bonchev–Trinajstić information content (AvgIpc) is 1.51. The SMILES string of the molecule is O=S(=O)(OS(=O)(=O)C(F)(F)F)C(F)(F)F.O=c1c2ccc(O)cc2c(=O)c2cc3c(=O)c4ccc(O)cc4c(=O)c3cc12.O=c1c2ccc(OS(=O)(=O)C(F)(F)F)cc2c(=O)c2cc3c(=O)c4ccc(OS(=O)(=O)C(F)(F)F)cc4c(=O)c3cc12. The topological polar surface area (TPSA) is 341 Å². The van der Waals surface area contributed by atoms with Crippen LogP contribution in [-0.2, 0) is 44.1 Å². The molecule has 0 aliphatic carbocycles. The molecule has 37 heteroatoms. The van der Waals surface area contributed by atoms with Crippen LogP contribution in [0.2, 0.25) is 0 Å². The normalized spacial score (nSPS) is 13.1. The minimum atomic E-state index is -6.85. The fraction of sp³-hybridized carbons (Fsp3) is 0.0833. The van der Waals surface area contributed by atoms with Gasteiger partial charge in [-0.2, -0.15) is 86.4 Å². The molecule has 0 radical (unpaired) electrons. The smallest absolute Gasteiger partial charge is 0.508 e. The average molecular weight is 1290 g/mol. The van der Waals surface area contributed by atoms with Gasteiger partial charge in [-0.25, -0.2) is 0 Å². The van der Waals surface area contributed by atoms with Crippen LogP contribution in [0.1, 0.15) is 0 Å². The molecular formula is C48H18F12O21S4. The first kappa shape index (κ1) is 61.9. The Kier molecular flexibility index (Phi) is 14.7. The number of alkyl halides is 12. The highest BCUT2D eigenvalue weighted by Gasteiger charge is 2.57. The Bertz CT molecular complexity index is 5220. The number of benzene rings is 10. The summed E-state index contributed by atoms with van der Waals surface area (Å²) in [5.41, 5.74) is -30.0. The van der Waals surface area contributed by atoms with E-state index in [1.54, 1.807) is 0 Å². The molecule has 0 amide bonds. The van der Waals surface area contributed by atoms with Gasteiger partial charge in [0, 0.05) is 86.2 Å². The number of aromatic hydroxyl groups is 2. The molecular weight excluding hydrogens is 1270 g/mol. The lowest BCUT2D eigenvalue weighted by molar-refractivity contribution is -0.0586. The van der Waals surface area contributed by atoms with Crippen molar-refractivity contribution in [1.29, 1.82) is 0 Å². The largest absolute Gasteiger partial charge is 0.534 e. The summed E-state index contributed by atoms with van der Waals surface area (Å²) in [6, 6.07) is 16.1. The van der Waals surface area contributed by atoms with Crippen LogP contribution in [0.15, 0.2) is 135 Å². The van der Waals surface area contributed by atoms with Crippen LogP contribution >= 0.6 is 0 Å². The van der Waals surface area contributed by atoms with Crippen LogP contribution in [0, 0.1) is 0 Å². The van der Waals surface area contributed by atoms with Crippen LogP contribution in [0.25, 0.3) is 86.2 Å². The number of hydrogen-bond donors (Lipinski definition) is 2. The molecule has 0 aliphatic heterocycles. The lowest BCUT2D eigenvalue weighted by atomic mass is 9.96. The number of halogens is 12. The highest BCUT2D eigenvalue weighted by atomic mass is 32.3. The Balaban J connectivity index is 0.000000187. The lowest BCUT2D eigenvalue weighted by Crippen LogP contribution is -2.34. The van der Waals surface area contributed by atoms with Gasteiger partial charge in [-0.05, 0) is 97.1 Å². The summed E-state index contributed by atoms with van der Waals surface area (Å²) in [5, 5.41) is 16.0. The number of phenolic OH excluding ortho intramolecular Hbond substituents is 2. The maximum absolute atomic E-state index is 13.2. The molecule has 21 nitrogen and oxygen atoms in total. The molecule has 0 unspecified atom stereocenters. The van der Waals surface area contributed by atoms with Gasteiger partial charge < -0.3 is 18.6 Å². The van der Waals surface area contributed by atoms with Gasteiger partial charge in [0.25, 0.3) is 0 Å². The fourth-order valence-electron chi connectivity index (χ4n) is 8.16. The molecule has 10 rings (SSSR count). The molecule has 0 aliphatic rings. The van der Waals surface area contributed by atoms with Crippen molar-refractivity contribution in [2.45, 2.75) is 22.0 Å². The van der Waals surface area contributed by atoms with E-state index in [0.29, 0.717) is 24.3 Å². The van der Waals surface area contributed by atoms with Gasteiger partial charge in [0.2, 0.25) is 0 Å². The van der Waals surface area contributed by atoms with Crippen molar-refractivity contribution >= 4 is 127 Å². The van der Waals surface area contributed by atoms with Crippen molar-refractivity contribution < 1.29 is 109 Å². The van der Waals surface area contributed by atoms with Crippen molar-refractivity contribution in [3.05, 3.63) is 179 Å². The van der Waals surface area contributed by atoms with Gasteiger partial charge in [0.1, 0.15) is 23.0 Å². The highest BCUT2D eigenvalue weighted by Crippen LogP contribution is 2.34. The first-order valence-corrected chi connectivity index (χ1v) is 27.5. The standard InChI is InChI=1S/C24H8F6O10S2.C22H10O6.C2F6O5S2/c25-23(26,27)41(35,36)39-9-1-3-11-13(5-9)21(33)17-8-16-18(7-15(17)19(11)31)22(34)14-6-10(2-4-12(14)20(16)32)40-42(37,38)24(28,29)30;23-9-1-3-11-13(5-9)21(27)17-8-16-18(7-15(17)19(11)25)22(28)14-6-10(24)2-4-12(14)20(16)26;3-1(4,5)14(9,10)13-15(11,12)2(6,7)8/h1-8H;1-8,23-24H;. The fourth-order valence-corrected chi connectivity index (χ4v) is 10.6. The van der Waals surface area contributed by atoms with Gasteiger partial charge >= 0.3 is 62.5 Å². The van der Waals surface area contributed by atoms with E-state index in [1.807, 2.05) is 3.63 Å². The first-order chi connectivity index (χ1) is 38.8. The van der Waals surface area contributed by atoms with Crippen LogP contribution < -0.4 is 51.8 Å². The Morgan fingerprint density at radius 2 is 0.447 bits per heavy atom. The van der Waals surface area contributed by atoms with E-state index in [4.69, 9.17) is 0 Å². The highest BCUT2D eigenvalue weighted by molar-refractivity contribution is 8.00. The van der Waals surface area contributed by atoms with Crippen LogP contribution in [0.3, 0.4) is 0 Å². The zero-order valence-electron chi connectivity index (χ0n) is 40.1. The van der Waals surface area contributed by atoms with Crippen molar-refractivity contribution in [3.63, 3.8) is 0 Å². The molecule has 85 heavy (non-hydrogen) atoms. The van der Waals surface area contributed by atoms with Crippen LogP contribution in [-0.4, -0.2) is 65.9 Å². The molecule has 0 spiro atoms. The molecule has 444 valence electrons. The quantitative estimate of drug-likeness (QED) is 0.0859. The number of phenols is 2. The Labute approximate surface area is 457 Å². The van der Waals surface area contributed by atoms with Crippen LogP contribution in [0.5, 0.6) is 23.0 Å². The number of hydrogen-bond acceptors (Lipinski definition) is 21. The molecule has 0 aromatic heterocycles. The number of rotatable bonds is 6. The zero-order chi connectivity index (χ0) is 63.6. The van der Waals surface area contributed by atoms with Gasteiger partial charge in [-0.1, -0.05) is 0 Å². The van der Waals surface area contributed by atoms with E-state index < -0.39 is 161 Å². The molecule has 0 bridgehead atoms. The third kappa shape index (κ3) is 10.9. The van der Waals surface area contributed by atoms with Gasteiger partial charge in [0.05, 0.1) is 0 Å². The monoisotopic (exact) mass is 1290 g/mol. The Morgan fingerprint density at radius 3 is 0.671 bits per heavy atom. The summed E-state index contributed by atoms with van der Waals surface area (Å²) in [7, 11) is -25.9. The molecule has 10 aromatic rings. The summed E-state index contributed by atoms with van der Waals surface area (Å²) in [6.07, 6.45) is 0. The lowest BCUT2D eigenvalue weighted by Gasteiger charge is -2.10. The minimum absolute atomic E-state index is 0.0187. The summed E-state index contributed by atoms with van der Waals surface area (Å²) in [5.74, 6) is -2.19. The molecule has 0 heterocycles. The summed E-state index contributed by atoms with van der Waals surface area (Å²) >= 11 is 0. The van der Waals surface area contributed by atoms with Gasteiger partial charge in [-0.15, -0.1) is 3.63 Å². The molecule has 0 fully saturated rings. The van der Waals surface area contributed by atoms with Crippen molar-refractivity contribution in [3.8, 4) is 23.0 Å². The summed E-state index contributed by atoms with van der Waals surface area (Å²) in [6.45, 7) is 0. The van der Waals surface area contributed by atoms with Crippen LogP contribution in [0.4, 0.5) is 52.7 Å². The second-order valence-corrected chi connectivity index (χ2v) is 23.6. The molecule has 2 N–H and O–H groups in total. The van der Waals surface area contributed by atoms with E-state index in [0.717, 1.165) is 24.3 Å². The van der Waals surface area contributed by atoms with E-state index in [-0.39, 0.29) is 54.6 Å². The summed E-state index contributed by atoms with van der Waals surface area (Å²) in [4.78, 5) is 104. The van der Waals surface area contributed by atoms with Gasteiger partial charge in [-0.3, -0.25) is 38.4 Å². The molecule has 0 saturated carbocycles. The van der Waals surface area contributed by atoms with E-state index in [9.17, 15) is 135 Å². The number of fused-ring (bicyclic) bond motifs is 8. The van der Waals surface area contributed by atoms with E-state index in [2.05, 4.69) is 8.37 Å². The van der Waals surface area contributed by atoms with Crippen molar-refractivity contribution in [2.75, 3.05) is 0 Å². The maximum Gasteiger partial charge on any atom is 0.534 e. The van der Waals surface area contributed by atoms with Crippen molar-refractivity contribution in [1.82, 2.24) is 0 Å². The molecule has 0 atom stereocenters. The Hall–Kier alpha value is -9.20. The second-order valence-electron chi connectivity index (χ2n) is 17.2. The zero-order valence-corrected chi connectivity index (χ0v) is 43.3. The van der Waals surface area contributed by atoms with E-state index >= 15 is 0 Å². The third-order valence-corrected chi connectivity index (χ3v) is 16.5. The predicted octanol–water partition coefficient (Wildman–Crippen LogP) is 5.80. The summed E-state index contributed by atoms with van der Waals surface area (Å²) < 4.78 is 240. The van der Waals surface area contributed by atoms with Crippen molar-refractivity contribution in [2.24, 2.45) is 0 Å². The van der Waals surface area contributed by atoms with Gasteiger partial charge in [0.15, 0.2) is 43.4 Å². The predicted molar refractivity (Wildman–Crippen MR) is 273 cm³/mol. The molecule has 0 saturated heterocycles. The maximum atomic E-state index is 13.2. The molecule has 10 aromatic carbocycles.